The van der Waals surface area contributed by atoms with Gasteiger partial charge in [-0.1, -0.05) is 17.7 Å². The van der Waals surface area contributed by atoms with Gasteiger partial charge >= 0.3 is 0 Å². The molecule has 0 radical (unpaired) electrons. The molecule has 1 aromatic carbocycles. The molecule has 9 heteroatoms. The maximum absolute atomic E-state index is 14.4. The van der Waals surface area contributed by atoms with Gasteiger partial charge in [-0.05, 0) is 38.1 Å². The summed E-state index contributed by atoms with van der Waals surface area (Å²) in [6.45, 7) is 2.67. The summed E-state index contributed by atoms with van der Waals surface area (Å²) in [6, 6.07) is 4.16. The van der Waals surface area contributed by atoms with Crippen LogP contribution in [-0.2, 0) is 14.4 Å². The van der Waals surface area contributed by atoms with Crippen LogP contribution in [0.25, 0.3) is 0 Å². The van der Waals surface area contributed by atoms with Gasteiger partial charge in [-0.2, -0.15) is 0 Å². The zero-order valence-corrected chi connectivity index (χ0v) is 15.9. The van der Waals surface area contributed by atoms with Crippen LogP contribution >= 0.6 is 11.6 Å². The average molecular weight is 399 g/mol. The van der Waals surface area contributed by atoms with Gasteiger partial charge in [0.15, 0.2) is 0 Å². The first kappa shape index (κ1) is 21.1. The minimum absolute atomic E-state index is 0.182. The first-order valence-corrected chi connectivity index (χ1v) is 9.22. The van der Waals surface area contributed by atoms with Crippen LogP contribution < -0.4 is 16.0 Å². The van der Waals surface area contributed by atoms with E-state index in [1.807, 2.05) is 0 Å². The van der Waals surface area contributed by atoms with E-state index >= 15 is 0 Å². The first-order chi connectivity index (χ1) is 12.9. The van der Waals surface area contributed by atoms with Gasteiger partial charge < -0.3 is 16.0 Å². The van der Waals surface area contributed by atoms with Gasteiger partial charge in [0, 0.05) is 24.1 Å². The Balaban J connectivity index is 1.93. The molecule has 1 unspecified atom stereocenters. The number of hydrogen-bond acceptors (Lipinski definition) is 4. The predicted molar refractivity (Wildman–Crippen MR) is 99.7 cm³/mol. The molecule has 0 aliphatic carbocycles. The van der Waals surface area contributed by atoms with Crippen molar-refractivity contribution in [1.29, 1.82) is 0 Å². The van der Waals surface area contributed by atoms with Crippen LogP contribution in [0.15, 0.2) is 18.2 Å². The summed E-state index contributed by atoms with van der Waals surface area (Å²) in [6.07, 6.45) is 2.02. The van der Waals surface area contributed by atoms with Crippen molar-refractivity contribution in [3.8, 4) is 0 Å². The summed E-state index contributed by atoms with van der Waals surface area (Å²) in [4.78, 5) is 36.4. The first-order valence-electron chi connectivity index (χ1n) is 8.84. The van der Waals surface area contributed by atoms with Crippen molar-refractivity contribution >= 4 is 29.3 Å². The Morgan fingerprint density at radius 3 is 2.37 bits per heavy atom. The van der Waals surface area contributed by atoms with E-state index in [2.05, 4.69) is 20.9 Å². The zero-order chi connectivity index (χ0) is 19.8. The molecule has 0 saturated carbocycles. The molecule has 1 fully saturated rings. The lowest BCUT2D eigenvalue weighted by Gasteiger charge is -2.29. The second-order valence-electron chi connectivity index (χ2n) is 6.38. The molecule has 0 bridgehead atoms. The van der Waals surface area contributed by atoms with Crippen molar-refractivity contribution in [2.45, 2.75) is 25.8 Å². The van der Waals surface area contributed by atoms with E-state index in [0.29, 0.717) is 10.6 Å². The minimum Gasteiger partial charge on any atom is -0.353 e. The fourth-order valence-corrected chi connectivity index (χ4v) is 3.30. The van der Waals surface area contributed by atoms with Crippen molar-refractivity contribution < 1.29 is 18.8 Å². The van der Waals surface area contributed by atoms with Crippen LogP contribution in [0, 0.1) is 5.82 Å². The quantitative estimate of drug-likeness (QED) is 0.609. The highest BCUT2D eigenvalue weighted by molar-refractivity contribution is 6.31. The summed E-state index contributed by atoms with van der Waals surface area (Å²) in [5.41, 5.74) is 0.371. The van der Waals surface area contributed by atoms with Gasteiger partial charge in [0.25, 0.3) is 0 Å². The highest BCUT2D eigenvalue weighted by Crippen LogP contribution is 2.31. The number of benzene rings is 1. The van der Waals surface area contributed by atoms with E-state index in [0.717, 1.165) is 25.9 Å². The highest BCUT2D eigenvalue weighted by atomic mass is 35.5. The number of nitrogens with zero attached hydrogens (tertiary/aromatic N) is 1. The summed E-state index contributed by atoms with van der Waals surface area (Å²) >= 11 is 6.21. The molecule has 0 aromatic heterocycles. The van der Waals surface area contributed by atoms with E-state index in [1.165, 1.54) is 13.0 Å². The molecular weight excluding hydrogens is 375 g/mol. The van der Waals surface area contributed by atoms with Crippen LogP contribution in [0.2, 0.25) is 5.02 Å². The Kier molecular flexibility index (Phi) is 7.99. The van der Waals surface area contributed by atoms with Crippen LogP contribution in [0.5, 0.6) is 0 Å². The van der Waals surface area contributed by atoms with Crippen LogP contribution in [0.4, 0.5) is 4.39 Å². The van der Waals surface area contributed by atoms with E-state index in [4.69, 9.17) is 11.6 Å². The van der Waals surface area contributed by atoms with E-state index < -0.39 is 17.6 Å². The van der Waals surface area contributed by atoms with E-state index in [1.54, 1.807) is 12.1 Å². The summed E-state index contributed by atoms with van der Waals surface area (Å²) < 4.78 is 14.4. The number of amides is 3. The lowest BCUT2D eigenvalue weighted by Crippen LogP contribution is -2.44. The molecule has 7 nitrogen and oxygen atoms in total. The SMILES string of the molecule is CC(=O)NCC(=O)NCC(=O)NCC(c1c(F)cccc1Cl)N1CCCC1. The molecule has 27 heavy (non-hydrogen) atoms. The molecule has 1 atom stereocenters. The van der Waals surface area contributed by atoms with Gasteiger partial charge in [-0.3, -0.25) is 19.3 Å². The average Bonchev–Trinajstić information content (AvgIpc) is 3.14. The van der Waals surface area contributed by atoms with Crippen LogP contribution in [0.1, 0.15) is 31.4 Å². The van der Waals surface area contributed by atoms with Gasteiger partial charge in [-0.25, -0.2) is 4.39 Å². The van der Waals surface area contributed by atoms with Crippen LogP contribution in [-0.4, -0.2) is 55.3 Å². The maximum Gasteiger partial charge on any atom is 0.239 e. The Labute approximate surface area is 162 Å². The second-order valence-corrected chi connectivity index (χ2v) is 6.79. The number of likely N-dealkylation sites (tertiary alicyclic amines) is 1. The highest BCUT2D eigenvalue weighted by Gasteiger charge is 2.28. The lowest BCUT2D eigenvalue weighted by molar-refractivity contribution is -0.127. The standard InChI is InChI=1S/C18H24ClFN4O3/c1-12(25)21-10-16(26)23-11-17(27)22-9-15(24-7-2-3-8-24)18-13(19)5-4-6-14(18)20/h4-6,15H,2-3,7-11H2,1H3,(H,21,25)(H,22,27)(H,23,26). The molecule has 1 saturated heterocycles. The fourth-order valence-electron chi connectivity index (χ4n) is 3.02. The van der Waals surface area contributed by atoms with Gasteiger partial charge in [0.2, 0.25) is 17.7 Å². The number of carbonyl (C=O) groups is 3. The van der Waals surface area contributed by atoms with Crippen molar-refractivity contribution in [2.24, 2.45) is 0 Å². The molecule has 1 aliphatic heterocycles. The third-order valence-corrected chi connectivity index (χ3v) is 4.68. The van der Waals surface area contributed by atoms with Crippen molar-refractivity contribution in [3.63, 3.8) is 0 Å². The van der Waals surface area contributed by atoms with Crippen LogP contribution in [0.3, 0.4) is 0 Å². The number of rotatable bonds is 8. The minimum atomic E-state index is -0.464. The molecule has 3 N–H and O–H groups in total. The summed E-state index contributed by atoms with van der Waals surface area (Å²) in [5, 5.41) is 7.81. The lowest BCUT2D eigenvalue weighted by atomic mass is 10.0. The zero-order valence-electron chi connectivity index (χ0n) is 15.2. The molecule has 1 heterocycles. The van der Waals surface area contributed by atoms with E-state index in [9.17, 15) is 18.8 Å². The topological polar surface area (TPSA) is 90.5 Å². The molecule has 148 valence electrons. The monoisotopic (exact) mass is 398 g/mol. The Morgan fingerprint density at radius 2 is 1.74 bits per heavy atom. The number of halogens is 2. The van der Waals surface area contributed by atoms with E-state index in [-0.39, 0.29) is 31.6 Å². The predicted octanol–water partition coefficient (Wildman–Crippen LogP) is 0.985. The summed E-state index contributed by atoms with van der Waals surface area (Å²) in [7, 11) is 0. The summed E-state index contributed by atoms with van der Waals surface area (Å²) in [5.74, 6) is -1.60. The third kappa shape index (κ3) is 6.48. The van der Waals surface area contributed by atoms with Crippen molar-refractivity contribution in [1.82, 2.24) is 20.9 Å². The maximum atomic E-state index is 14.4. The molecule has 1 aromatic rings. The Bertz CT molecular complexity index is 675. The number of hydrogen-bond donors (Lipinski definition) is 3. The Hall–Kier alpha value is -2.19. The van der Waals surface area contributed by atoms with Crippen molar-refractivity contribution in [3.05, 3.63) is 34.6 Å². The molecular formula is C18H24ClFN4O3. The molecule has 2 rings (SSSR count). The van der Waals surface area contributed by atoms with Crippen molar-refractivity contribution in [2.75, 3.05) is 32.7 Å². The molecule has 1 aliphatic rings. The third-order valence-electron chi connectivity index (χ3n) is 4.35. The fraction of sp³-hybridized carbons (Fsp3) is 0.500. The largest absolute Gasteiger partial charge is 0.353 e. The molecule has 0 spiro atoms. The normalized spacial score (nSPS) is 15.2. The second kappa shape index (κ2) is 10.2. The number of nitrogens with one attached hydrogen (secondary N) is 3. The van der Waals surface area contributed by atoms with Gasteiger partial charge in [0.05, 0.1) is 19.1 Å². The smallest absolute Gasteiger partial charge is 0.239 e. The van der Waals surface area contributed by atoms with Gasteiger partial charge in [0.1, 0.15) is 5.82 Å². The van der Waals surface area contributed by atoms with Gasteiger partial charge in [-0.15, -0.1) is 0 Å². The Morgan fingerprint density at radius 1 is 1.11 bits per heavy atom. The molecule has 3 amide bonds. The number of carbonyl (C=O) groups excluding carboxylic acids is 3.